The second-order valence-corrected chi connectivity index (χ2v) is 10.0. The largest absolute Gasteiger partial charge is 0.308 e. The van der Waals surface area contributed by atoms with Gasteiger partial charge in [-0.15, -0.1) is 0 Å². The molecule has 0 saturated heterocycles. The van der Waals surface area contributed by atoms with E-state index < -0.39 is 10.0 Å². The van der Waals surface area contributed by atoms with Crippen LogP contribution in [0.2, 0.25) is 0 Å². The molecule has 1 amide bonds. The summed E-state index contributed by atoms with van der Waals surface area (Å²) in [6.07, 6.45) is 0.776. The molecule has 1 N–H and O–H groups in total. The number of fused-ring (bicyclic) bond motifs is 2. The molecular formula is C23H20N4O3S2. The minimum atomic E-state index is -3.77. The Balaban J connectivity index is 1.38. The van der Waals surface area contributed by atoms with Gasteiger partial charge in [0.1, 0.15) is 15.9 Å². The molecule has 4 aromatic rings. The van der Waals surface area contributed by atoms with E-state index >= 15 is 0 Å². The number of anilines is 1. The zero-order valence-corrected chi connectivity index (χ0v) is 18.9. The molecule has 0 atom stereocenters. The van der Waals surface area contributed by atoms with Gasteiger partial charge in [-0.25, -0.2) is 13.1 Å². The van der Waals surface area contributed by atoms with Crippen molar-refractivity contribution in [2.75, 3.05) is 11.4 Å². The molecule has 1 aliphatic heterocycles. The maximum absolute atomic E-state index is 13.1. The van der Waals surface area contributed by atoms with Crippen LogP contribution in [0.15, 0.2) is 65.6 Å². The predicted molar refractivity (Wildman–Crippen MR) is 124 cm³/mol. The first kappa shape index (κ1) is 20.7. The topological polar surface area (TPSA) is 92.3 Å². The van der Waals surface area contributed by atoms with Crippen molar-refractivity contribution >= 4 is 44.4 Å². The van der Waals surface area contributed by atoms with Crippen LogP contribution in [0.5, 0.6) is 0 Å². The summed E-state index contributed by atoms with van der Waals surface area (Å²) in [6.45, 7) is 2.67. The summed E-state index contributed by atoms with van der Waals surface area (Å²) in [5.41, 5.74) is 5.29. The van der Waals surface area contributed by atoms with Crippen molar-refractivity contribution in [1.29, 1.82) is 0 Å². The van der Waals surface area contributed by atoms with Crippen LogP contribution in [0.1, 0.15) is 27.0 Å². The molecule has 0 spiro atoms. The summed E-state index contributed by atoms with van der Waals surface area (Å²) < 4.78 is 36.7. The van der Waals surface area contributed by atoms with Gasteiger partial charge in [-0.3, -0.25) is 4.79 Å². The van der Waals surface area contributed by atoms with Gasteiger partial charge in [0.25, 0.3) is 5.91 Å². The Labute approximate surface area is 190 Å². The molecule has 1 aliphatic rings. The van der Waals surface area contributed by atoms with E-state index in [0.29, 0.717) is 23.1 Å². The van der Waals surface area contributed by atoms with E-state index in [2.05, 4.69) is 13.5 Å². The number of nitrogens with one attached hydrogen (secondary N) is 1. The average molecular weight is 465 g/mol. The van der Waals surface area contributed by atoms with Crippen LogP contribution >= 0.6 is 11.7 Å². The number of rotatable bonds is 5. The zero-order chi connectivity index (χ0) is 22.3. The fourth-order valence-corrected chi connectivity index (χ4v) is 5.72. The highest BCUT2D eigenvalue weighted by Crippen LogP contribution is 2.31. The summed E-state index contributed by atoms with van der Waals surface area (Å²) in [5.74, 6) is -0.0482. The highest BCUT2D eigenvalue weighted by atomic mass is 32.2. The number of amides is 1. The molecule has 7 nitrogen and oxygen atoms in total. The summed E-state index contributed by atoms with van der Waals surface area (Å²) in [5, 5.41) is 0. The van der Waals surface area contributed by atoms with E-state index in [1.165, 1.54) is 6.07 Å². The zero-order valence-electron chi connectivity index (χ0n) is 17.3. The van der Waals surface area contributed by atoms with E-state index in [1.54, 1.807) is 17.0 Å². The molecule has 162 valence electrons. The molecule has 0 radical (unpaired) electrons. The second-order valence-electron chi connectivity index (χ2n) is 7.75. The Morgan fingerprint density at radius 1 is 1.09 bits per heavy atom. The summed E-state index contributed by atoms with van der Waals surface area (Å²) in [7, 11) is -3.77. The van der Waals surface area contributed by atoms with Gasteiger partial charge in [-0.2, -0.15) is 8.75 Å². The number of hydrogen-bond acceptors (Lipinski definition) is 6. The van der Waals surface area contributed by atoms with Crippen molar-refractivity contribution in [3.63, 3.8) is 0 Å². The van der Waals surface area contributed by atoms with E-state index in [9.17, 15) is 13.2 Å². The molecule has 32 heavy (non-hydrogen) atoms. The molecule has 0 fully saturated rings. The van der Waals surface area contributed by atoms with Gasteiger partial charge in [0, 0.05) is 24.3 Å². The molecule has 0 saturated carbocycles. The van der Waals surface area contributed by atoms with Crippen LogP contribution in [-0.2, 0) is 23.0 Å². The second kappa shape index (κ2) is 8.09. The average Bonchev–Trinajstić information content (AvgIpc) is 3.43. The Kier molecular flexibility index (Phi) is 5.24. The summed E-state index contributed by atoms with van der Waals surface area (Å²) in [4.78, 5) is 15.0. The fraction of sp³-hybridized carbons (Fsp3) is 0.174. The van der Waals surface area contributed by atoms with Gasteiger partial charge in [-0.1, -0.05) is 35.9 Å². The van der Waals surface area contributed by atoms with E-state index in [1.807, 2.05) is 49.4 Å². The van der Waals surface area contributed by atoms with Crippen molar-refractivity contribution < 1.29 is 13.2 Å². The van der Waals surface area contributed by atoms with Gasteiger partial charge in [0.15, 0.2) is 0 Å². The van der Waals surface area contributed by atoms with Crippen molar-refractivity contribution in [1.82, 2.24) is 13.5 Å². The quantitative estimate of drug-likeness (QED) is 0.486. The monoisotopic (exact) mass is 464 g/mol. The summed E-state index contributed by atoms with van der Waals surface area (Å²) in [6, 6.07) is 18.2. The first-order chi connectivity index (χ1) is 15.4. The molecule has 1 aromatic heterocycles. The lowest BCUT2D eigenvalue weighted by molar-refractivity contribution is 0.0989. The molecule has 2 heterocycles. The Morgan fingerprint density at radius 3 is 2.78 bits per heavy atom. The predicted octanol–water partition coefficient (Wildman–Crippen LogP) is 3.68. The third kappa shape index (κ3) is 3.79. The Hall–Kier alpha value is -3.14. The first-order valence-corrected chi connectivity index (χ1v) is 12.3. The van der Waals surface area contributed by atoms with E-state index in [0.717, 1.165) is 40.5 Å². The SMILES string of the molecule is Cc1cccc(C(=O)N2CCc3ccc(CNS(=O)(=O)c4cccc5nsnc45)cc32)c1. The molecule has 9 heteroatoms. The lowest BCUT2D eigenvalue weighted by Crippen LogP contribution is -2.29. The van der Waals surface area contributed by atoms with Crippen LogP contribution in [0, 0.1) is 6.92 Å². The van der Waals surface area contributed by atoms with Crippen molar-refractivity contribution in [2.24, 2.45) is 0 Å². The number of aromatic nitrogens is 2. The third-order valence-corrected chi connectivity index (χ3v) is 7.54. The maximum atomic E-state index is 13.1. The van der Waals surface area contributed by atoms with Crippen molar-refractivity contribution in [3.8, 4) is 0 Å². The number of aryl methyl sites for hydroxylation is 1. The number of carbonyl (C=O) groups excluding carboxylic acids is 1. The minimum absolute atomic E-state index is 0.0482. The van der Waals surface area contributed by atoms with E-state index in [-0.39, 0.29) is 17.3 Å². The molecule has 0 bridgehead atoms. The van der Waals surface area contributed by atoms with E-state index in [4.69, 9.17) is 0 Å². The highest BCUT2D eigenvalue weighted by molar-refractivity contribution is 7.89. The van der Waals surface area contributed by atoms with Crippen LogP contribution < -0.4 is 9.62 Å². The fourth-order valence-electron chi connectivity index (χ4n) is 3.93. The molecule has 5 rings (SSSR count). The molecule has 0 aliphatic carbocycles. The normalized spacial score (nSPS) is 13.5. The lowest BCUT2D eigenvalue weighted by Gasteiger charge is -2.18. The molecule has 0 unspecified atom stereocenters. The Bertz CT molecular complexity index is 1450. The number of sulfonamides is 1. The van der Waals surface area contributed by atoms with Crippen LogP contribution in [0.3, 0.4) is 0 Å². The van der Waals surface area contributed by atoms with Gasteiger partial charge >= 0.3 is 0 Å². The summed E-state index contributed by atoms with van der Waals surface area (Å²) >= 11 is 0.983. The van der Waals surface area contributed by atoms with Crippen molar-refractivity contribution in [2.45, 2.75) is 24.8 Å². The lowest BCUT2D eigenvalue weighted by atomic mass is 10.1. The van der Waals surface area contributed by atoms with Crippen molar-refractivity contribution in [3.05, 3.63) is 82.9 Å². The van der Waals surface area contributed by atoms with Gasteiger partial charge < -0.3 is 4.90 Å². The molecular weight excluding hydrogens is 444 g/mol. The third-order valence-electron chi connectivity index (χ3n) is 5.56. The first-order valence-electron chi connectivity index (χ1n) is 10.1. The standard InChI is InChI=1S/C23H20N4O3S2/c1-15-4-2-5-18(12-15)23(28)27-11-10-17-9-8-16(13-20(17)27)14-24-32(29,30)21-7-3-6-19-22(21)26-31-25-19/h2-9,12-13,24H,10-11,14H2,1H3. The van der Waals surface area contributed by atoms with Gasteiger partial charge in [0.2, 0.25) is 10.0 Å². The highest BCUT2D eigenvalue weighted by Gasteiger charge is 2.26. The van der Waals surface area contributed by atoms with Crippen LogP contribution in [0.25, 0.3) is 11.0 Å². The number of nitrogens with zero attached hydrogens (tertiary/aromatic N) is 3. The number of benzene rings is 3. The number of hydrogen-bond donors (Lipinski definition) is 1. The Morgan fingerprint density at radius 2 is 1.94 bits per heavy atom. The molecule has 3 aromatic carbocycles. The smallest absolute Gasteiger partial charge is 0.258 e. The minimum Gasteiger partial charge on any atom is -0.308 e. The number of carbonyl (C=O) groups is 1. The van der Waals surface area contributed by atoms with Crippen LogP contribution in [0.4, 0.5) is 5.69 Å². The van der Waals surface area contributed by atoms with Gasteiger partial charge in [0.05, 0.1) is 11.7 Å². The van der Waals surface area contributed by atoms with Crippen LogP contribution in [-0.4, -0.2) is 29.6 Å². The van der Waals surface area contributed by atoms with Gasteiger partial charge in [-0.05, 0) is 54.8 Å². The maximum Gasteiger partial charge on any atom is 0.258 e.